The molecule has 0 saturated heterocycles. The summed E-state index contributed by atoms with van der Waals surface area (Å²) in [4.78, 5) is 22.9. The first-order chi connectivity index (χ1) is 8.95. The van der Waals surface area contributed by atoms with Crippen LogP contribution >= 0.6 is 11.8 Å². The van der Waals surface area contributed by atoms with E-state index in [1.807, 2.05) is 6.26 Å². The number of carbonyl (C=O) groups excluding carboxylic acids is 1. The Morgan fingerprint density at radius 2 is 2.05 bits per heavy atom. The molecule has 1 rings (SSSR count). The number of thioether (sulfide) groups is 1. The molecule has 0 aromatic carbocycles. The Balaban J connectivity index is 2.42. The van der Waals surface area contributed by atoms with Gasteiger partial charge in [0.25, 0.3) is 0 Å². The lowest BCUT2D eigenvalue weighted by molar-refractivity contribution is -0.139. The lowest BCUT2D eigenvalue weighted by Gasteiger charge is -2.21. The fraction of sp³-hybridized carbons (Fsp3) is 0.846. The van der Waals surface area contributed by atoms with E-state index in [1.54, 1.807) is 11.8 Å². The molecule has 0 aromatic rings. The van der Waals surface area contributed by atoms with E-state index in [4.69, 9.17) is 5.11 Å². The van der Waals surface area contributed by atoms with Crippen molar-refractivity contribution in [2.75, 3.05) is 12.0 Å². The minimum absolute atomic E-state index is 0.157. The molecule has 5 nitrogen and oxygen atoms in total. The quantitative estimate of drug-likeness (QED) is 0.698. The van der Waals surface area contributed by atoms with Gasteiger partial charge in [0.2, 0.25) is 0 Å². The van der Waals surface area contributed by atoms with Gasteiger partial charge < -0.3 is 15.7 Å². The van der Waals surface area contributed by atoms with Crippen molar-refractivity contribution >= 4 is 23.8 Å². The normalized spacial score (nSPS) is 27.8. The Morgan fingerprint density at radius 1 is 1.37 bits per heavy atom. The van der Waals surface area contributed by atoms with E-state index in [-0.39, 0.29) is 12.1 Å². The highest BCUT2D eigenvalue weighted by atomic mass is 32.2. The summed E-state index contributed by atoms with van der Waals surface area (Å²) in [5.41, 5.74) is 0. The van der Waals surface area contributed by atoms with E-state index in [9.17, 15) is 9.59 Å². The smallest absolute Gasteiger partial charge is 0.326 e. The molecule has 110 valence electrons. The number of carbonyl (C=O) groups is 2. The summed E-state index contributed by atoms with van der Waals surface area (Å²) in [6.45, 7) is 4.31. The molecule has 6 heteroatoms. The zero-order valence-electron chi connectivity index (χ0n) is 11.8. The van der Waals surface area contributed by atoms with Crippen LogP contribution in [0.25, 0.3) is 0 Å². The Labute approximate surface area is 118 Å². The summed E-state index contributed by atoms with van der Waals surface area (Å²) >= 11 is 1.57. The molecule has 2 amide bonds. The molecule has 0 heterocycles. The van der Waals surface area contributed by atoms with E-state index in [0.29, 0.717) is 24.0 Å². The molecular formula is C13H24N2O3S. The van der Waals surface area contributed by atoms with Gasteiger partial charge in [0.1, 0.15) is 6.04 Å². The molecule has 3 unspecified atom stereocenters. The van der Waals surface area contributed by atoms with Crippen LogP contribution in [0.4, 0.5) is 4.79 Å². The van der Waals surface area contributed by atoms with Crippen molar-refractivity contribution in [3.8, 4) is 0 Å². The first kappa shape index (κ1) is 16.1. The average Bonchev–Trinajstić information content (AvgIpc) is 2.66. The zero-order valence-corrected chi connectivity index (χ0v) is 12.6. The number of nitrogens with one attached hydrogen (secondary N) is 2. The van der Waals surface area contributed by atoms with Gasteiger partial charge in [-0.1, -0.05) is 13.8 Å². The number of rotatable bonds is 6. The van der Waals surface area contributed by atoms with Crippen LogP contribution in [-0.4, -0.2) is 41.2 Å². The topological polar surface area (TPSA) is 78.4 Å². The van der Waals surface area contributed by atoms with Crippen LogP contribution in [0.15, 0.2) is 0 Å². The van der Waals surface area contributed by atoms with E-state index >= 15 is 0 Å². The highest BCUT2D eigenvalue weighted by molar-refractivity contribution is 7.98. The predicted octanol–water partition coefficient (Wildman–Crippen LogP) is 1.93. The van der Waals surface area contributed by atoms with Gasteiger partial charge in [-0.3, -0.25) is 0 Å². The van der Waals surface area contributed by atoms with Crippen molar-refractivity contribution in [2.24, 2.45) is 11.8 Å². The van der Waals surface area contributed by atoms with Crippen molar-refractivity contribution in [1.29, 1.82) is 0 Å². The average molecular weight is 288 g/mol. The van der Waals surface area contributed by atoms with Crippen LogP contribution in [0.1, 0.15) is 33.1 Å². The molecule has 0 aromatic heterocycles. The minimum atomic E-state index is -0.975. The molecule has 1 fully saturated rings. The number of carboxylic acid groups (broad SMARTS) is 1. The number of hydrogen-bond acceptors (Lipinski definition) is 3. The van der Waals surface area contributed by atoms with Crippen LogP contribution in [0.2, 0.25) is 0 Å². The maximum Gasteiger partial charge on any atom is 0.326 e. The summed E-state index contributed by atoms with van der Waals surface area (Å²) in [5.74, 6) is 0.794. The molecule has 0 radical (unpaired) electrons. The molecule has 1 aliphatic carbocycles. The predicted molar refractivity (Wildman–Crippen MR) is 77.4 cm³/mol. The second-order valence-electron chi connectivity index (χ2n) is 5.31. The third kappa shape index (κ3) is 4.93. The van der Waals surface area contributed by atoms with Gasteiger partial charge in [-0.15, -0.1) is 0 Å². The Morgan fingerprint density at radius 3 is 2.53 bits per heavy atom. The van der Waals surface area contributed by atoms with E-state index in [2.05, 4.69) is 24.5 Å². The molecular weight excluding hydrogens is 264 g/mol. The molecule has 0 spiro atoms. The maximum absolute atomic E-state index is 11.8. The van der Waals surface area contributed by atoms with Gasteiger partial charge in [-0.25, -0.2) is 9.59 Å². The Kier molecular flexibility index (Phi) is 6.48. The van der Waals surface area contributed by atoms with Gasteiger partial charge in [0.15, 0.2) is 0 Å². The molecule has 19 heavy (non-hydrogen) atoms. The summed E-state index contributed by atoms with van der Waals surface area (Å²) < 4.78 is 0. The van der Waals surface area contributed by atoms with Crippen LogP contribution in [-0.2, 0) is 4.79 Å². The lowest BCUT2D eigenvalue weighted by Crippen LogP contribution is -2.50. The first-order valence-corrected chi connectivity index (χ1v) is 8.13. The summed E-state index contributed by atoms with van der Waals surface area (Å²) in [7, 11) is 0. The third-order valence-corrected chi connectivity index (χ3v) is 4.64. The fourth-order valence-electron chi connectivity index (χ4n) is 2.43. The van der Waals surface area contributed by atoms with Gasteiger partial charge in [-0.05, 0) is 43.1 Å². The van der Waals surface area contributed by atoms with E-state index in [1.165, 1.54) is 0 Å². The van der Waals surface area contributed by atoms with Crippen molar-refractivity contribution < 1.29 is 14.7 Å². The third-order valence-electron chi connectivity index (χ3n) is 4.00. The minimum Gasteiger partial charge on any atom is -0.480 e. The molecule has 0 bridgehead atoms. The van der Waals surface area contributed by atoms with Gasteiger partial charge in [0, 0.05) is 6.04 Å². The number of urea groups is 1. The van der Waals surface area contributed by atoms with Crippen LogP contribution in [0.5, 0.6) is 0 Å². The zero-order chi connectivity index (χ0) is 14.4. The van der Waals surface area contributed by atoms with Gasteiger partial charge in [-0.2, -0.15) is 11.8 Å². The highest BCUT2D eigenvalue weighted by Crippen LogP contribution is 2.30. The van der Waals surface area contributed by atoms with Crippen LogP contribution < -0.4 is 10.6 Å². The summed E-state index contributed by atoms with van der Waals surface area (Å²) in [6, 6.07) is -1.01. The molecule has 0 aliphatic heterocycles. The lowest BCUT2D eigenvalue weighted by atomic mass is 9.98. The summed E-state index contributed by atoms with van der Waals surface area (Å²) in [5, 5.41) is 14.5. The first-order valence-electron chi connectivity index (χ1n) is 6.74. The second kappa shape index (κ2) is 7.62. The van der Waals surface area contributed by atoms with E-state index in [0.717, 1.165) is 12.8 Å². The van der Waals surface area contributed by atoms with Crippen molar-refractivity contribution in [3.05, 3.63) is 0 Å². The SMILES string of the molecule is CSCC[C@@H](NC(=O)NC1CCC(C)C1C)C(=O)O. The van der Waals surface area contributed by atoms with Crippen molar-refractivity contribution in [2.45, 2.75) is 45.2 Å². The molecule has 1 aliphatic rings. The van der Waals surface area contributed by atoms with Crippen molar-refractivity contribution in [3.63, 3.8) is 0 Å². The fourth-order valence-corrected chi connectivity index (χ4v) is 2.90. The highest BCUT2D eigenvalue weighted by Gasteiger charge is 2.31. The second-order valence-corrected chi connectivity index (χ2v) is 6.30. The molecule has 4 atom stereocenters. The van der Waals surface area contributed by atoms with Crippen LogP contribution in [0, 0.1) is 11.8 Å². The monoisotopic (exact) mass is 288 g/mol. The van der Waals surface area contributed by atoms with E-state index < -0.39 is 12.0 Å². The van der Waals surface area contributed by atoms with Gasteiger partial charge >= 0.3 is 12.0 Å². The molecule has 3 N–H and O–H groups in total. The standard InChI is InChI=1S/C13H24N2O3S/c1-8-4-5-10(9(8)2)14-13(18)15-11(12(16)17)6-7-19-3/h8-11H,4-7H2,1-3H3,(H,16,17)(H2,14,15,18)/t8?,9?,10?,11-/m1/s1. The number of hydrogen-bond donors (Lipinski definition) is 3. The largest absolute Gasteiger partial charge is 0.480 e. The number of amides is 2. The molecule has 1 saturated carbocycles. The number of carboxylic acids is 1. The summed E-state index contributed by atoms with van der Waals surface area (Å²) in [6.07, 6.45) is 4.44. The maximum atomic E-state index is 11.8. The van der Waals surface area contributed by atoms with Gasteiger partial charge in [0.05, 0.1) is 0 Å². The Bertz CT molecular complexity index is 325. The van der Waals surface area contributed by atoms with Crippen molar-refractivity contribution in [1.82, 2.24) is 10.6 Å². The Hall–Kier alpha value is -0.910. The van der Waals surface area contributed by atoms with Crippen LogP contribution in [0.3, 0.4) is 0 Å². The number of aliphatic carboxylic acids is 1.